The van der Waals surface area contributed by atoms with Gasteiger partial charge in [0.05, 0.1) is 6.61 Å². The molecular weight excluding hydrogens is 344 g/mol. The van der Waals surface area contributed by atoms with Crippen LogP contribution in [0.2, 0.25) is 0 Å². The highest BCUT2D eigenvalue weighted by Gasteiger charge is 2.22. The normalized spacial score (nSPS) is 16.0. The molecule has 0 radical (unpaired) electrons. The van der Waals surface area contributed by atoms with Crippen molar-refractivity contribution in [3.05, 3.63) is 42.0 Å². The highest BCUT2D eigenvalue weighted by Crippen LogP contribution is 2.17. The van der Waals surface area contributed by atoms with Crippen LogP contribution in [0.4, 0.5) is 0 Å². The zero-order chi connectivity index (χ0) is 19.7. The number of epoxide rings is 1. The van der Waals surface area contributed by atoms with Crippen molar-refractivity contribution in [3.63, 3.8) is 0 Å². The Kier molecular flexibility index (Phi) is 12.8. The van der Waals surface area contributed by atoms with Crippen LogP contribution >= 0.6 is 0 Å². The lowest BCUT2D eigenvalue weighted by Gasteiger charge is -2.05. The van der Waals surface area contributed by atoms with Gasteiger partial charge in [0.2, 0.25) is 0 Å². The van der Waals surface area contributed by atoms with Gasteiger partial charge in [-0.25, -0.2) is 0 Å². The van der Waals surface area contributed by atoms with Gasteiger partial charge in [0, 0.05) is 0 Å². The highest BCUT2D eigenvalue weighted by molar-refractivity contribution is 5.27. The first-order chi connectivity index (χ1) is 13.9. The number of unbranched alkanes of at least 4 members (excludes halogenated alkanes) is 11. The molecule has 2 rings (SSSR count). The molecule has 1 atom stereocenters. The third-order valence-corrected chi connectivity index (χ3v) is 5.49. The van der Waals surface area contributed by atoms with Crippen molar-refractivity contribution in [2.75, 3.05) is 13.2 Å². The molecule has 0 aromatic heterocycles. The fourth-order valence-corrected chi connectivity index (χ4v) is 3.52. The van der Waals surface area contributed by atoms with E-state index in [1.54, 1.807) is 0 Å². The topological polar surface area (TPSA) is 21.8 Å². The van der Waals surface area contributed by atoms with E-state index in [9.17, 15) is 0 Å². The minimum atomic E-state index is 0.326. The van der Waals surface area contributed by atoms with Crippen molar-refractivity contribution in [2.45, 2.75) is 103 Å². The molecule has 0 spiro atoms. The number of rotatable bonds is 18. The van der Waals surface area contributed by atoms with Gasteiger partial charge in [-0.15, -0.1) is 0 Å². The van der Waals surface area contributed by atoms with Gasteiger partial charge >= 0.3 is 0 Å². The molecule has 0 saturated carbocycles. The van der Waals surface area contributed by atoms with Crippen LogP contribution in [0, 0.1) is 0 Å². The summed E-state index contributed by atoms with van der Waals surface area (Å²) in [5.74, 6) is 0.954. The summed E-state index contributed by atoms with van der Waals surface area (Å²) >= 11 is 0. The van der Waals surface area contributed by atoms with Gasteiger partial charge in [-0.1, -0.05) is 89.0 Å². The molecular formula is C26H42O2. The average molecular weight is 387 g/mol. The molecule has 1 aromatic carbocycles. The van der Waals surface area contributed by atoms with Gasteiger partial charge in [-0.05, 0) is 49.8 Å². The summed E-state index contributed by atoms with van der Waals surface area (Å²) in [5, 5.41) is 0. The predicted octanol–water partition coefficient (Wildman–Crippen LogP) is 7.65. The molecule has 2 heteroatoms. The van der Waals surface area contributed by atoms with Crippen LogP contribution < -0.4 is 4.74 Å². The van der Waals surface area contributed by atoms with E-state index in [0.717, 1.165) is 18.8 Å². The monoisotopic (exact) mass is 386 g/mol. The number of allylic oxidation sites excluding steroid dienone is 2. The van der Waals surface area contributed by atoms with Crippen molar-refractivity contribution in [3.8, 4) is 5.75 Å². The fourth-order valence-electron chi connectivity index (χ4n) is 3.52. The third kappa shape index (κ3) is 12.2. The fraction of sp³-hybridized carbons (Fsp3) is 0.692. The number of ether oxygens (including phenoxy) is 2. The van der Waals surface area contributed by atoms with Crippen LogP contribution in [0.15, 0.2) is 36.4 Å². The minimum Gasteiger partial charge on any atom is -0.491 e. The summed E-state index contributed by atoms with van der Waals surface area (Å²) in [4.78, 5) is 0. The maximum Gasteiger partial charge on any atom is 0.119 e. The Morgan fingerprint density at radius 3 is 2.00 bits per heavy atom. The molecule has 1 saturated heterocycles. The first kappa shape index (κ1) is 23.0. The Bertz CT molecular complexity index is 502. The SMILES string of the molecule is CCCCCCCCCCCC/C=C/CCCc1ccc(OCC2CO2)cc1. The largest absolute Gasteiger partial charge is 0.491 e. The summed E-state index contributed by atoms with van der Waals surface area (Å²) in [6.45, 7) is 3.82. The third-order valence-electron chi connectivity index (χ3n) is 5.49. The van der Waals surface area contributed by atoms with Crippen molar-refractivity contribution < 1.29 is 9.47 Å². The molecule has 28 heavy (non-hydrogen) atoms. The first-order valence-electron chi connectivity index (χ1n) is 11.9. The Hall–Kier alpha value is -1.28. The standard InChI is InChI=1S/C26H42O2/c1-2-3-4-5-6-7-8-9-10-11-12-13-14-15-16-17-24-18-20-25(21-19-24)27-22-26-23-28-26/h13-14,18-21,26H,2-12,15-17,22-23H2,1H3/b14-13+. The van der Waals surface area contributed by atoms with Gasteiger partial charge in [0.25, 0.3) is 0 Å². The lowest BCUT2D eigenvalue weighted by atomic mass is 10.1. The second-order valence-electron chi connectivity index (χ2n) is 8.24. The molecule has 1 unspecified atom stereocenters. The molecule has 0 N–H and O–H groups in total. The van der Waals surface area contributed by atoms with Crippen molar-refractivity contribution in [1.82, 2.24) is 0 Å². The van der Waals surface area contributed by atoms with E-state index in [1.165, 1.54) is 89.0 Å². The molecule has 0 bridgehead atoms. The molecule has 1 fully saturated rings. The van der Waals surface area contributed by atoms with Crippen LogP contribution in [-0.2, 0) is 11.2 Å². The van der Waals surface area contributed by atoms with E-state index in [1.807, 2.05) is 0 Å². The second-order valence-corrected chi connectivity index (χ2v) is 8.24. The summed E-state index contributed by atoms with van der Waals surface area (Å²) in [5.41, 5.74) is 1.40. The Balaban J connectivity index is 1.36. The summed E-state index contributed by atoms with van der Waals surface area (Å²) in [7, 11) is 0. The van der Waals surface area contributed by atoms with Crippen LogP contribution in [-0.4, -0.2) is 19.3 Å². The zero-order valence-electron chi connectivity index (χ0n) is 18.2. The molecule has 158 valence electrons. The second kappa shape index (κ2) is 15.6. The lowest BCUT2D eigenvalue weighted by molar-refractivity contribution is 0.263. The van der Waals surface area contributed by atoms with E-state index in [4.69, 9.17) is 9.47 Å². The van der Waals surface area contributed by atoms with Crippen LogP contribution in [0.1, 0.15) is 96.0 Å². The Morgan fingerprint density at radius 1 is 0.821 bits per heavy atom. The van der Waals surface area contributed by atoms with Gasteiger partial charge < -0.3 is 9.47 Å². The van der Waals surface area contributed by atoms with E-state index in [-0.39, 0.29) is 0 Å². The summed E-state index contributed by atoms with van der Waals surface area (Å²) in [6.07, 6.45) is 24.1. The molecule has 0 amide bonds. The van der Waals surface area contributed by atoms with Crippen LogP contribution in [0.25, 0.3) is 0 Å². The molecule has 1 aliphatic heterocycles. The smallest absolute Gasteiger partial charge is 0.119 e. The van der Waals surface area contributed by atoms with E-state index >= 15 is 0 Å². The molecule has 0 aliphatic carbocycles. The quantitative estimate of drug-likeness (QED) is 0.147. The van der Waals surface area contributed by atoms with E-state index < -0.39 is 0 Å². The summed E-state index contributed by atoms with van der Waals surface area (Å²) < 4.78 is 10.8. The Morgan fingerprint density at radius 2 is 1.39 bits per heavy atom. The predicted molar refractivity (Wildman–Crippen MR) is 120 cm³/mol. The average Bonchev–Trinajstić information content (AvgIpc) is 3.55. The van der Waals surface area contributed by atoms with Gasteiger partial charge in [-0.3, -0.25) is 0 Å². The van der Waals surface area contributed by atoms with E-state index in [2.05, 4.69) is 43.3 Å². The van der Waals surface area contributed by atoms with Gasteiger partial charge in [0.1, 0.15) is 18.5 Å². The number of aryl methyl sites for hydroxylation is 1. The van der Waals surface area contributed by atoms with Crippen molar-refractivity contribution in [1.29, 1.82) is 0 Å². The number of hydrogen-bond donors (Lipinski definition) is 0. The summed E-state index contributed by atoms with van der Waals surface area (Å²) in [6, 6.07) is 8.55. The molecule has 1 aliphatic rings. The number of benzene rings is 1. The van der Waals surface area contributed by atoms with Crippen molar-refractivity contribution in [2.24, 2.45) is 0 Å². The van der Waals surface area contributed by atoms with Crippen LogP contribution in [0.3, 0.4) is 0 Å². The minimum absolute atomic E-state index is 0.326. The number of hydrogen-bond acceptors (Lipinski definition) is 2. The van der Waals surface area contributed by atoms with Crippen molar-refractivity contribution >= 4 is 0 Å². The lowest BCUT2D eigenvalue weighted by Crippen LogP contribution is -2.03. The van der Waals surface area contributed by atoms with E-state index in [0.29, 0.717) is 12.7 Å². The molecule has 2 nitrogen and oxygen atoms in total. The first-order valence-corrected chi connectivity index (χ1v) is 11.9. The van der Waals surface area contributed by atoms with Crippen LogP contribution in [0.5, 0.6) is 5.75 Å². The Labute approximate surface area is 173 Å². The zero-order valence-corrected chi connectivity index (χ0v) is 18.2. The maximum atomic E-state index is 5.68. The maximum absolute atomic E-state index is 5.68. The highest BCUT2D eigenvalue weighted by atomic mass is 16.6. The molecule has 1 heterocycles. The van der Waals surface area contributed by atoms with Gasteiger partial charge in [-0.2, -0.15) is 0 Å². The van der Waals surface area contributed by atoms with Gasteiger partial charge in [0.15, 0.2) is 0 Å². The molecule has 1 aromatic rings.